The van der Waals surface area contributed by atoms with Crippen molar-refractivity contribution in [2.45, 2.75) is 233 Å². The summed E-state index contributed by atoms with van der Waals surface area (Å²) in [5.74, 6) is -0.573. The van der Waals surface area contributed by atoms with Crippen LogP contribution in [0.1, 0.15) is 227 Å². The highest BCUT2D eigenvalue weighted by molar-refractivity contribution is 5.70. The monoisotopic (exact) mass is 878 g/mol. The highest BCUT2D eigenvalue weighted by Crippen LogP contribution is 2.24. The molecular weight excluding hydrogens is 783 g/mol. The van der Waals surface area contributed by atoms with Crippen molar-refractivity contribution in [3.05, 3.63) is 12.2 Å². The SMILES string of the molecule is CCCCCCCC(=O)OCC(CCCCN(CCCCC(COC(=O)CCCCCCC)COC(=O)CCCCCCC)[C@H]1C=C[C@@H](CO)C1)COC(=O)CCCCCCC. The van der Waals surface area contributed by atoms with Crippen LogP contribution in [-0.2, 0) is 38.1 Å². The van der Waals surface area contributed by atoms with E-state index in [1.54, 1.807) is 0 Å². The fourth-order valence-corrected chi connectivity index (χ4v) is 8.15. The number of carbonyl (C=O) groups is 4. The van der Waals surface area contributed by atoms with E-state index in [-0.39, 0.29) is 80.7 Å². The van der Waals surface area contributed by atoms with Crippen LogP contribution in [-0.4, -0.2) is 86.0 Å². The molecule has 0 saturated carbocycles. The maximum absolute atomic E-state index is 12.6. The molecule has 1 N–H and O–H groups in total. The number of nitrogens with zero attached hydrogens (tertiary/aromatic N) is 1. The van der Waals surface area contributed by atoms with Gasteiger partial charge in [0, 0.05) is 56.1 Å². The standard InChI is InChI=1S/C52H95NO9/c1-5-9-13-17-21-31-49(55)59-41-46(42-60-50(56)32-22-18-14-10-6-2)29-25-27-37-53(48-36-35-45(39-48)40-54)38-28-26-30-47(43-61-51(57)33-23-19-15-11-7-3)44-62-52(58)34-24-20-16-12-8-4/h35-36,45-48,54H,5-34,37-44H2,1-4H3/t45-,48+/m1/s1. The molecule has 0 unspecified atom stereocenters. The third-order valence-electron chi connectivity index (χ3n) is 12.3. The van der Waals surface area contributed by atoms with Crippen molar-refractivity contribution in [3.8, 4) is 0 Å². The van der Waals surface area contributed by atoms with Crippen LogP contribution in [0.5, 0.6) is 0 Å². The molecular formula is C52H95NO9. The molecule has 0 fully saturated rings. The number of carbonyl (C=O) groups excluding carboxylic acids is 4. The normalized spacial score (nSPS) is 14.9. The predicted molar refractivity (Wildman–Crippen MR) is 252 cm³/mol. The average molecular weight is 878 g/mol. The minimum absolute atomic E-state index is 0.0380. The van der Waals surface area contributed by atoms with E-state index in [9.17, 15) is 24.3 Å². The molecule has 1 aliphatic rings. The zero-order valence-corrected chi connectivity index (χ0v) is 40.5. The summed E-state index contributed by atoms with van der Waals surface area (Å²) >= 11 is 0. The first-order valence-electron chi connectivity index (χ1n) is 25.9. The van der Waals surface area contributed by atoms with Crippen LogP contribution in [0.2, 0.25) is 0 Å². The first kappa shape index (κ1) is 57.6. The lowest BCUT2D eigenvalue weighted by Gasteiger charge is -2.29. The van der Waals surface area contributed by atoms with Gasteiger partial charge in [0.05, 0.1) is 26.4 Å². The molecule has 1 aliphatic carbocycles. The zero-order chi connectivity index (χ0) is 45.3. The van der Waals surface area contributed by atoms with Gasteiger partial charge in [0.1, 0.15) is 0 Å². The maximum Gasteiger partial charge on any atom is 0.305 e. The van der Waals surface area contributed by atoms with Gasteiger partial charge in [0.2, 0.25) is 0 Å². The molecule has 0 spiro atoms. The summed E-state index contributed by atoms with van der Waals surface area (Å²) in [6, 6.07) is 0.256. The zero-order valence-electron chi connectivity index (χ0n) is 40.5. The van der Waals surface area contributed by atoms with Gasteiger partial charge in [-0.05, 0) is 70.9 Å². The Morgan fingerprint density at radius 2 is 0.790 bits per heavy atom. The third kappa shape index (κ3) is 33.1. The highest BCUT2D eigenvalue weighted by Gasteiger charge is 2.24. The van der Waals surface area contributed by atoms with Crippen LogP contribution in [0.25, 0.3) is 0 Å². The van der Waals surface area contributed by atoms with E-state index in [2.05, 4.69) is 44.7 Å². The molecule has 0 aliphatic heterocycles. The van der Waals surface area contributed by atoms with Crippen molar-refractivity contribution in [3.63, 3.8) is 0 Å². The summed E-state index contributed by atoms with van der Waals surface area (Å²) in [5, 5.41) is 9.89. The summed E-state index contributed by atoms with van der Waals surface area (Å²) in [4.78, 5) is 52.9. The fraction of sp³-hybridized carbons (Fsp3) is 0.885. The van der Waals surface area contributed by atoms with Crippen molar-refractivity contribution in [2.75, 3.05) is 46.1 Å². The Morgan fingerprint density at radius 3 is 1.08 bits per heavy atom. The molecule has 0 radical (unpaired) electrons. The highest BCUT2D eigenvalue weighted by atomic mass is 16.6. The largest absolute Gasteiger partial charge is 0.465 e. The van der Waals surface area contributed by atoms with Gasteiger partial charge >= 0.3 is 23.9 Å². The summed E-state index contributed by atoms with van der Waals surface area (Å²) in [6.45, 7) is 11.7. The lowest BCUT2D eigenvalue weighted by molar-refractivity contribution is -0.151. The number of ether oxygens (including phenoxy) is 4. The Labute approximate surface area is 379 Å². The van der Waals surface area contributed by atoms with Crippen molar-refractivity contribution >= 4 is 23.9 Å². The quantitative estimate of drug-likeness (QED) is 0.0273. The number of rotatable bonds is 44. The molecule has 0 bridgehead atoms. The van der Waals surface area contributed by atoms with E-state index in [0.717, 1.165) is 135 Å². The van der Waals surface area contributed by atoms with Crippen LogP contribution in [0.4, 0.5) is 0 Å². The maximum atomic E-state index is 12.6. The number of aliphatic hydroxyl groups is 1. The first-order valence-corrected chi connectivity index (χ1v) is 25.9. The van der Waals surface area contributed by atoms with Gasteiger partial charge in [-0.3, -0.25) is 24.1 Å². The molecule has 0 aromatic carbocycles. The lowest BCUT2D eigenvalue weighted by Crippen LogP contribution is -2.35. The number of aliphatic hydroxyl groups excluding tert-OH is 1. The van der Waals surface area contributed by atoms with E-state index in [1.807, 2.05) is 0 Å². The van der Waals surface area contributed by atoms with Crippen LogP contribution in [0, 0.1) is 17.8 Å². The van der Waals surface area contributed by atoms with Gasteiger partial charge in [0.15, 0.2) is 0 Å². The number of hydrogen-bond donors (Lipinski definition) is 1. The molecule has 0 aromatic rings. The molecule has 10 nitrogen and oxygen atoms in total. The van der Waals surface area contributed by atoms with Gasteiger partial charge in [-0.25, -0.2) is 0 Å². The van der Waals surface area contributed by atoms with Crippen LogP contribution in [0.15, 0.2) is 12.2 Å². The van der Waals surface area contributed by atoms with Crippen LogP contribution in [0.3, 0.4) is 0 Å². The van der Waals surface area contributed by atoms with Gasteiger partial charge in [-0.2, -0.15) is 0 Å². The van der Waals surface area contributed by atoms with Gasteiger partial charge in [-0.15, -0.1) is 0 Å². The molecule has 0 saturated heterocycles. The topological polar surface area (TPSA) is 129 Å². The number of hydrogen-bond acceptors (Lipinski definition) is 10. The Hall–Kier alpha value is -2.46. The van der Waals surface area contributed by atoms with Gasteiger partial charge in [0.25, 0.3) is 0 Å². The molecule has 0 heterocycles. The van der Waals surface area contributed by atoms with E-state index in [4.69, 9.17) is 18.9 Å². The minimum atomic E-state index is -0.166. The average Bonchev–Trinajstić information content (AvgIpc) is 3.76. The van der Waals surface area contributed by atoms with E-state index >= 15 is 0 Å². The molecule has 2 atom stereocenters. The number of esters is 4. The lowest BCUT2D eigenvalue weighted by atomic mass is 10.0. The number of unbranched alkanes of at least 4 members (excludes halogenated alkanes) is 18. The van der Waals surface area contributed by atoms with Crippen LogP contribution < -0.4 is 0 Å². The van der Waals surface area contributed by atoms with Gasteiger partial charge in [-0.1, -0.05) is 155 Å². The van der Waals surface area contributed by atoms with Crippen molar-refractivity contribution in [1.82, 2.24) is 4.90 Å². The molecule has 0 aromatic heterocycles. The molecule has 10 heteroatoms. The van der Waals surface area contributed by atoms with Crippen molar-refractivity contribution < 1.29 is 43.2 Å². The second-order valence-electron chi connectivity index (χ2n) is 18.3. The molecule has 1 rings (SSSR count). The molecule has 62 heavy (non-hydrogen) atoms. The summed E-state index contributed by atoms with van der Waals surface area (Å²) in [6.07, 6.45) is 33.9. The van der Waals surface area contributed by atoms with Gasteiger partial charge < -0.3 is 24.1 Å². The van der Waals surface area contributed by atoms with Crippen molar-refractivity contribution in [1.29, 1.82) is 0 Å². The van der Waals surface area contributed by atoms with E-state index < -0.39 is 0 Å². The third-order valence-corrected chi connectivity index (χ3v) is 12.3. The van der Waals surface area contributed by atoms with Crippen LogP contribution >= 0.6 is 0 Å². The summed E-state index contributed by atoms with van der Waals surface area (Å²) < 4.78 is 22.9. The van der Waals surface area contributed by atoms with E-state index in [0.29, 0.717) is 25.7 Å². The Balaban J connectivity index is 2.77. The van der Waals surface area contributed by atoms with E-state index in [1.165, 1.54) is 51.4 Å². The summed E-state index contributed by atoms with van der Waals surface area (Å²) in [7, 11) is 0. The fourth-order valence-electron chi connectivity index (χ4n) is 8.15. The Kier molecular flexibility index (Phi) is 38.3. The Bertz CT molecular complexity index is 998. The predicted octanol–water partition coefficient (Wildman–Crippen LogP) is 12.4. The molecule has 0 amide bonds. The minimum Gasteiger partial charge on any atom is -0.465 e. The Morgan fingerprint density at radius 1 is 0.468 bits per heavy atom. The second-order valence-corrected chi connectivity index (χ2v) is 18.3. The smallest absolute Gasteiger partial charge is 0.305 e. The molecule has 362 valence electrons. The first-order chi connectivity index (χ1) is 30.3. The second kappa shape index (κ2) is 41.3. The summed E-state index contributed by atoms with van der Waals surface area (Å²) in [5.41, 5.74) is 0. The van der Waals surface area contributed by atoms with Crippen molar-refractivity contribution in [2.24, 2.45) is 17.8 Å².